The third kappa shape index (κ3) is 6.51. The van der Waals surface area contributed by atoms with Gasteiger partial charge in [0, 0.05) is 12.8 Å². The van der Waals surface area contributed by atoms with Crippen molar-refractivity contribution in [1.82, 2.24) is 10.6 Å². The summed E-state index contributed by atoms with van der Waals surface area (Å²) in [6.45, 7) is 1.78. The van der Waals surface area contributed by atoms with Gasteiger partial charge in [0.1, 0.15) is 6.04 Å². The molecule has 114 valence electrons. The molecule has 7 heteroatoms. The van der Waals surface area contributed by atoms with Crippen LogP contribution in [0.4, 0.5) is 0 Å². The first-order chi connectivity index (χ1) is 9.49. The molecule has 1 rings (SSSR count). The lowest BCUT2D eigenvalue weighted by Crippen LogP contribution is -2.42. The lowest BCUT2D eigenvalue weighted by molar-refractivity contribution is -0.142. The molecule has 0 aliphatic carbocycles. The van der Waals surface area contributed by atoms with Gasteiger partial charge in [-0.1, -0.05) is 0 Å². The quantitative estimate of drug-likeness (QED) is 0.506. The van der Waals surface area contributed by atoms with E-state index in [-0.39, 0.29) is 25.2 Å². The van der Waals surface area contributed by atoms with E-state index < -0.39 is 18.0 Å². The molecule has 0 saturated carbocycles. The normalized spacial score (nSPS) is 17.4. The Hall–Kier alpha value is -1.63. The molecule has 1 aliphatic rings. The summed E-state index contributed by atoms with van der Waals surface area (Å²) in [4.78, 5) is 33.2. The van der Waals surface area contributed by atoms with Crippen LogP contribution < -0.4 is 10.6 Å². The summed E-state index contributed by atoms with van der Waals surface area (Å²) in [5.74, 6) is -2.05. The molecule has 20 heavy (non-hydrogen) atoms. The number of hydrogen-bond donors (Lipinski definition) is 4. The first kappa shape index (κ1) is 16.4. The molecular weight excluding hydrogens is 264 g/mol. The van der Waals surface area contributed by atoms with Gasteiger partial charge < -0.3 is 20.8 Å². The van der Waals surface area contributed by atoms with Gasteiger partial charge in [-0.2, -0.15) is 0 Å². The molecule has 1 heterocycles. The number of piperidine rings is 1. The van der Waals surface area contributed by atoms with E-state index in [0.29, 0.717) is 12.3 Å². The third-order valence-corrected chi connectivity index (χ3v) is 3.45. The van der Waals surface area contributed by atoms with Crippen molar-refractivity contribution in [2.24, 2.45) is 5.92 Å². The van der Waals surface area contributed by atoms with Crippen LogP contribution in [0, 0.1) is 5.92 Å². The molecule has 0 spiro atoms. The van der Waals surface area contributed by atoms with Crippen molar-refractivity contribution >= 4 is 17.8 Å². The Bertz CT molecular complexity index is 353. The molecule has 0 unspecified atom stereocenters. The largest absolute Gasteiger partial charge is 0.481 e. The van der Waals surface area contributed by atoms with Crippen molar-refractivity contribution in [1.29, 1.82) is 0 Å². The lowest BCUT2D eigenvalue weighted by Gasteiger charge is -2.23. The molecule has 1 aliphatic heterocycles. The molecule has 1 fully saturated rings. The second kappa shape index (κ2) is 8.52. The number of aliphatic carboxylic acids is 2. The van der Waals surface area contributed by atoms with E-state index in [1.54, 1.807) is 0 Å². The van der Waals surface area contributed by atoms with Gasteiger partial charge in [0.05, 0.1) is 0 Å². The second-order valence-electron chi connectivity index (χ2n) is 5.14. The maximum Gasteiger partial charge on any atom is 0.326 e. The zero-order valence-electron chi connectivity index (χ0n) is 11.4. The average Bonchev–Trinajstić information content (AvgIpc) is 2.38. The van der Waals surface area contributed by atoms with Crippen LogP contribution in [-0.2, 0) is 14.4 Å². The van der Waals surface area contributed by atoms with Crippen LogP contribution in [-0.4, -0.2) is 47.2 Å². The van der Waals surface area contributed by atoms with E-state index in [9.17, 15) is 14.4 Å². The van der Waals surface area contributed by atoms with Crippen LogP contribution in [0.3, 0.4) is 0 Å². The van der Waals surface area contributed by atoms with Crippen molar-refractivity contribution in [3.63, 3.8) is 0 Å². The molecule has 0 bridgehead atoms. The van der Waals surface area contributed by atoms with Gasteiger partial charge in [-0.15, -0.1) is 0 Å². The highest BCUT2D eigenvalue weighted by Crippen LogP contribution is 2.15. The van der Waals surface area contributed by atoms with Crippen LogP contribution >= 0.6 is 0 Å². The van der Waals surface area contributed by atoms with Crippen LogP contribution in [0.5, 0.6) is 0 Å². The third-order valence-electron chi connectivity index (χ3n) is 3.45. The summed E-state index contributed by atoms with van der Waals surface area (Å²) < 4.78 is 0. The molecule has 1 amide bonds. The molecule has 4 N–H and O–H groups in total. The zero-order chi connectivity index (χ0) is 15.0. The maximum absolute atomic E-state index is 11.8. The number of rotatable bonds is 8. The topological polar surface area (TPSA) is 116 Å². The van der Waals surface area contributed by atoms with Gasteiger partial charge in [-0.3, -0.25) is 9.59 Å². The van der Waals surface area contributed by atoms with Crippen LogP contribution in [0.25, 0.3) is 0 Å². The Morgan fingerprint density at radius 3 is 2.40 bits per heavy atom. The standard InChI is InChI=1S/C13H22N2O5/c16-11(8-9-4-6-14-7-5-9)15-10(13(19)20)2-1-3-12(17)18/h9-10,14H,1-8H2,(H,15,16)(H,17,18)(H,19,20)/t10-/m1/s1. The van der Waals surface area contributed by atoms with Gasteiger partial charge >= 0.3 is 11.9 Å². The lowest BCUT2D eigenvalue weighted by atomic mass is 9.94. The maximum atomic E-state index is 11.8. The Kier molecular flexibility index (Phi) is 7.00. The highest BCUT2D eigenvalue weighted by Gasteiger charge is 2.22. The predicted molar refractivity (Wildman–Crippen MR) is 71.3 cm³/mol. The van der Waals surface area contributed by atoms with Gasteiger partial charge in [0.25, 0.3) is 0 Å². The summed E-state index contributed by atoms with van der Waals surface area (Å²) in [5, 5.41) is 23.2. The molecule has 0 radical (unpaired) electrons. The van der Waals surface area contributed by atoms with Crippen molar-refractivity contribution in [2.45, 2.75) is 44.6 Å². The number of nitrogens with one attached hydrogen (secondary N) is 2. The minimum absolute atomic E-state index is 0.0893. The molecular formula is C13H22N2O5. The molecule has 1 atom stereocenters. The van der Waals surface area contributed by atoms with Crippen molar-refractivity contribution in [2.75, 3.05) is 13.1 Å². The summed E-state index contributed by atoms with van der Waals surface area (Å²) in [6, 6.07) is -0.997. The fourth-order valence-electron chi connectivity index (χ4n) is 2.32. The van der Waals surface area contributed by atoms with E-state index in [0.717, 1.165) is 25.9 Å². The number of hydrogen-bond acceptors (Lipinski definition) is 4. The predicted octanol–water partition coefficient (Wildman–Crippen LogP) is 0.200. The number of carboxylic acids is 2. The number of amides is 1. The number of carbonyl (C=O) groups is 3. The van der Waals surface area contributed by atoms with Crippen LogP contribution in [0.1, 0.15) is 38.5 Å². The van der Waals surface area contributed by atoms with Crippen LogP contribution in [0.15, 0.2) is 0 Å². The molecule has 0 aromatic heterocycles. The van der Waals surface area contributed by atoms with Crippen molar-refractivity contribution in [3.8, 4) is 0 Å². The molecule has 1 saturated heterocycles. The number of carboxylic acid groups (broad SMARTS) is 2. The van der Waals surface area contributed by atoms with Gasteiger partial charge in [-0.25, -0.2) is 4.79 Å². The zero-order valence-corrected chi connectivity index (χ0v) is 11.4. The fourth-order valence-corrected chi connectivity index (χ4v) is 2.32. The Labute approximate surface area is 117 Å². The minimum Gasteiger partial charge on any atom is -0.481 e. The second-order valence-corrected chi connectivity index (χ2v) is 5.14. The fraction of sp³-hybridized carbons (Fsp3) is 0.769. The first-order valence-electron chi connectivity index (χ1n) is 6.93. The first-order valence-corrected chi connectivity index (χ1v) is 6.93. The summed E-state index contributed by atoms with van der Waals surface area (Å²) in [6.07, 6.45) is 2.46. The van der Waals surface area contributed by atoms with Crippen molar-refractivity contribution in [3.05, 3.63) is 0 Å². The summed E-state index contributed by atoms with van der Waals surface area (Å²) in [5.41, 5.74) is 0. The molecule has 0 aromatic carbocycles. The van der Waals surface area contributed by atoms with E-state index in [2.05, 4.69) is 10.6 Å². The SMILES string of the molecule is O=C(O)CCC[C@@H](NC(=O)CC1CCNCC1)C(=O)O. The smallest absolute Gasteiger partial charge is 0.326 e. The van der Waals surface area contributed by atoms with E-state index in [1.807, 2.05) is 0 Å². The van der Waals surface area contributed by atoms with E-state index in [4.69, 9.17) is 10.2 Å². The van der Waals surface area contributed by atoms with Gasteiger partial charge in [0.2, 0.25) is 5.91 Å². The highest BCUT2D eigenvalue weighted by atomic mass is 16.4. The minimum atomic E-state index is -1.12. The highest BCUT2D eigenvalue weighted by molar-refractivity contribution is 5.83. The summed E-state index contributed by atoms with van der Waals surface area (Å²) in [7, 11) is 0. The summed E-state index contributed by atoms with van der Waals surface area (Å²) >= 11 is 0. The van der Waals surface area contributed by atoms with Crippen LogP contribution in [0.2, 0.25) is 0 Å². The Balaban J connectivity index is 2.33. The van der Waals surface area contributed by atoms with Crippen molar-refractivity contribution < 1.29 is 24.6 Å². The monoisotopic (exact) mass is 286 g/mol. The van der Waals surface area contributed by atoms with E-state index in [1.165, 1.54) is 0 Å². The Morgan fingerprint density at radius 1 is 1.20 bits per heavy atom. The molecule has 7 nitrogen and oxygen atoms in total. The average molecular weight is 286 g/mol. The van der Waals surface area contributed by atoms with E-state index >= 15 is 0 Å². The Morgan fingerprint density at radius 2 is 1.85 bits per heavy atom. The molecule has 0 aromatic rings. The van der Waals surface area contributed by atoms with Gasteiger partial charge in [-0.05, 0) is 44.7 Å². The number of carbonyl (C=O) groups excluding carboxylic acids is 1. The van der Waals surface area contributed by atoms with Gasteiger partial charge in [0.15, 0.2) is 0 Å².